The number of carbonyl (C=O) groups excluding carboxylic acids is 2. The molecule has 1 aromatic carbocycles. The minimum Gasteiger partial charge on any atom is -0.383 e. The number of nitrogens with one attached hydrogen (secondary N) is 1. The standard InChI is InChI=1S/C25H26F3N7O3/c1-5-20(36)34-12-15(11-16(34)13-38-4)35-23(30-2)21(22(29)37)17(32-35)8-6-14-7-9-19-18(10-14)31-24(33(19)3)25(26,27)28/h5,7,9-10,15-16,30H,1,11-13H2,2-4H3,(H2,29,37)/t15-,16+/m0/s1. The van der Waals surface area contributed by atoms with Crippen LogP contribution in [0.5, 0.6) is 0 Å². The highest BCUT2D eigenvalue weighted by molar-refractivity contribution is 6.00. The predicted octanol–water partition coefficient (Wildman–Crippen LogP) is 2.30. The van der Waals surface area contributed by atoms with Gasteiger partial charge >= 0.3 is 6.18 Å². The van der Waals surface area contributed by atoms with Crippen molar-refractivity contribution in [1.82, 2.24) is 24.2 Å². The molecule has 200 valence electrons. The van der Waals surface area contributed by atoms with Gasteiger partial charge in [0.1, 0.15) is 11.4 Å². The molecule has 0 radical (unpaired) electrons. The topological polar surface area (TPSA) is 120 Å². The van der Waals surface area contributed by atoms with Crippen molar-refractivity contribution >= 4 is 28.7 Å². The van der Waals surface area contributed by atoms with Crippen molar-refractivity contribution in [1.29, 1.82) is 0 Å². The molecule has 10 nitrogen and oxygen atoms in total. The van der Waals surface area contributed by atoms with Crippen molar-refractivity contribution in [2.75, 3.05) is 32.6 Å². The number of fused-ring (bicyclic) bond motifs is 1. The van der Waals surface area contributed by atoms with Gasteiger partial charge in [0.05, 0.1) is 29.7 Å². The molecule has 2 atom stereocenters. The molecule has 2 amide bonds. The van der Waals surface area contributed by atoms with Crippen LogP contribution >= 0.6 is 0 Å². The summed E-state index contributed by atoms with van der Waals surface area (Å²) in [6.45, 7) is 4.17. The van der Waals surface area contributed by atoms with Gasteiger partial charge in [-0.15, -0.1) is 0 Å². The number of aryl methyl sites for hydroxylation is 1. The van der Waals surface area contributed by atoms with E-state index < -0.39 is 17.9 Å². The Balaban J connectivity index is 1.73. The number of carbonyl (C=O) groups is 2. The third-order valence-corrected chi connectivity index (χ3v) is 6.41. The Morgan fingerprint density at radius 1 is 1.34 bits per heavy atom. The third kappa shape index (κ3) is 4.82. The minimum atomic E-state index is -4.60. The van der Waals surface area contributed by atoms with E-state index in [1.165, 1.54) is 25.3 Å². The van der Waals surface area contributed by atoms with E-state index in [2.05, 4.69) is 33.8 Å². The normalized spacial score (nSPS) is 17.4. The summed E-state index contributed by atoms with van der Waals surface area (Å²) in [7, 11) is 4.44. The van der Waals surface area contributed by atoms with Crippen LogP contribution in [0, 0.1) is 11.8 Å². The number of hydrogen-bond acceptors (Lipinski definition) is 6. The van der Waals surface area contributed by atoms with Crippen LogP contribution in [0.4, 0.5) is 19.0 Å². The van der Waals surface area contributed by atoms with Crippen LogP contribution in [0.15, 0.2) is 30.9 Å². The second-order valence-corrected chi connectivity index (χ2v) is 8.77. The molecule has 0 aliphatic carbocycles. The van der Waals surface area contributed by atoms with Gasteiger partial charge in [-0.25, -0.2) is 9.67 Å². The van der Waals surface area contributed by atoms with Crippen LogP contribution in [0.25, 0.3) is 11.0 Å². The van der Waals surface area contributed by atoms with Crippen molar-refractivity contribution in [3.05, 3.63) is 53.5 Å². The van der Waals surface area contributed by atoms with Crippen molar-refractivity contribution < 1.29 is 27.5 Å². The molecular formula is C25H26F3N7O3. The van der Waals surface area contributed by atoms with E-state index in [1.54, 1.807) is 29.8 Å². The first-order chi connectivity index (χ1) is 18.0. The van der Waals surface area contributed by atoms with Crippen LogP contribution in [0.3, 0.4) is 0 Å². The van der Waals surface area contributed by atoms with Gasteiger partial charge in [-0.3, -0.25) is 9.59 Å². The smallest absolute Gasteiger partial charge is 0.383 e. The van der Waals surface area contributed by atoms with Gasteiger partial charge in [0.25, 0.3) is 5.91 Å². The molecule has 2 aromatic heterocycles. The maximum absolute atomic E-state index is 13.2. The van der Waals surface area contributed by atoms with Gasteiger partial charge in [-0.2, -0.15) is 18.3 Å². The molecule has 4 rings (SSSR count). The molecule has 3 heterocycles. The fraction of sp³-hybridized carbons (Fsp3) is 0.360. The summed E-state index contributed by atoms with van der Waals surface area (Å²) in [4.78, 5) is 30.1. The van der Waals surface area contributed by atoms with Crippen LogP contribution in [-0.4, -0.2) is 69.4 Å². The fourth-order valence-electron chi connectivity index (χ4n) is 4.73. The molecule has 1 aliphatic heterocycles. The SMILES string of the molecule is C=CC(=O)N1C[C@@H](n2nc(C#Cc3ccc4c(c3)nc(C(F)(F)F)n4C)c(C(N)=O)c2NC)C[C@@H]1COC. The van der Waals surface area contributed by atoms with Crippen LogP contribution in [-0.2, 0) is 22.8 Å². The Labute approximate surface area is 216 Å². The van der Waals surface area contributed by atoms with Gasteiger partial charge in [-0.05, 0) is 36.6 Å². The average molecular weight is 530 g/mol. The van der Waals surface area contributed by atoms with E-state index >= 15 is 0 Å². The number of likely N-dealkylation sites (tertiary alicyclic amines) is 1. The number of methoxy groups -OCH3 is 1. The lowest BCUT2D eigenvalue weighted by Crippen LogP contribution is -2.37. The lowest BCUT2D eigenvalue weighted by molar-refractivity contribution is -0.146. The first-order valence-electron chi connectivity index (χ1n) is 11.6. The number of imidazole rings is 1. The number of halogens is 3. The summed E-state index contributed by atoms with van der Waals surface area (Å²) in [5, 5.41) is 7.48. The van der Waals surface area contributed by atoms with Gasteiger partial charge in [-0.1, -0.05) is 12.5 Å². The second-order valence-electron chi connectivity index (χ2n) is 8.77. The highest BCUT2D eigenvalue weighted by Crippen LogP contribution is 2.33. The number of alkyl halides is 3. The van der Waals surface area contributed by atoms with Crippen molar-refractivity contribution in [2.45, 2.75) is 24.7 Å². The van der Waals surface area contributed by atoms with Gasteiger partial charge in [0.2, 0.25) is 11.7 Å². The van der Waals surface area contributed by atoms with E-state index in [1.807, 2.05) is 0 Å². The summed E-state index contributed by atoms with van der Waals surface area (Å²) < 4.78 is 47.5. The van der Waals surface area contributed by atoms with E-state index in [0.29, 0.717) is 36.5 Å². The summed E-state index contributed by atoms with van der Waals surface area (Å²) in [5.74, 6) is 3.99. The lowest BCUT2D eigenvalue weighted by Gasteiger charge is -2.22. The van der Waals surface area contributed by atoms with Crippen LogP contribution in [0.1, 0.15) is 39.9 Å². The number of rotatable bonds is 6. The Hall–Kier alpha value is -4.31. The van der Waals surface area contributed by atoms with Crippen LogP contribution < -0.4 is 11.1 Å². The number of primary amides is 1. The molecule has 3 N–H and O–H groups in total. The van der Waals surface area contributed by atoms with Crippen molar-refractivity contribution in [3.8, 4) is 11.8 Å². The number of ether oxygens (including phenoxy) is 1. The quantitative estimate of drug-likeness (QED) is 0.374. The molecule has 1 fully saturated rings. The predicted molar refractivity (Wildman–Crippen MR) is 133 cm³/mol. The molecule has 38 heavy (non-hydrogen) atoms. The van der Waals surface area contributed by atoms with Crippen molar-refractivity contribution in [3.63, 3.8) is 0 Å². The first kappa shape index (κ1) is 26.7. The number of hydrogen-bond donors (Lipinski definition) is 2. The molecule has 0 bridgehead atoms. The molecule has 1 saturated heterocycles. The molecule has 0 saturated carbocycles. The van der Waals surface area contributed by atoms with E-state index in [4.69, 9.17) is 10.5 Å². The number of benzene rings is 1. The van der Waals surface area contributed by atoms with Crippen LogP contribution in [0.2, 0.25) is 0 Å². The van der Waals surface area contributed by atoms with Crippen molar-refractivity contribution in [2.24, 2.45) is 12.8 Å². The molecule has 0 spiro atoms. The van der Waals surface area contributed by atoms with E-state index in [-0.39, 0.29) is 34.8 Å². The zero-order chi connectivity index (χ0) is 27.8. The summed E-state index contributed by atoms with van der Waals surface area (Å²) in [6, 6.07) is 3.96. The number of aromatic nitrogens is 4. The zero-order valence-electron chi connectivity index (χ0n) is 21.0. The maximum Gasteiger partial charge on any atom is 0.449 e. The number of nitrogens with two attached hydrogens (primary N) is 1. The number of amides is 2. The molecule has 3 aromatic rings. The lowest BCUT2D eigenvalue weighted by atomic mass is 10.1. The summed E-state index contributed by atoms with van der Waals surface area (Å²) in [5.41, 5.74) is 6.63. The summed E-state index contributed by atoms with van der Waals surface area (Å²) >= 11 is 0. The average Bonchev–Trinajstić information content (AvgIpc) is 3.55. The maximum atomic E-state index is 13.2. The highest BCUT2D eigenvalue weighted by Gasteiger charge is 2.38. The number of anilines is 1. The molecule has 13 heteroatoms. The first-order valence-corrected chi connectivity index (χ1v) is 11.6. The Bertz CT molecular complexity index is 1480. The van der Waals surface area contributed by atoms with E-state index in [9.17, 15) is 22.8 Å². The van der Waals surface area contributed by atoms with Gasteiger partial charge in [0.15, 0.2) is 5.69 Å². The molecule has 0 unspecified atom stereocenters. The third-order valence-electron chi connectivity index (χ3n) is 6.41. The Morgan fingerprint density at radius 2 is 2.08 bits per heavy atom. The fourth-order valence-corrected chi connectivity index (χ4v) is 4.73. The Kier molecular flexibility index (Phi) is 7.19. The minimum absolute atomic E-state index is 0.0649. The summed E-state index contributed by atoms with van der Waals surface area (Å²) in [6.07, 6.45) is -2.86. The van der Waals surface area contributed by atoms with E-state index in [0.717, 1.165) is 4.57 Å². The zero-order valence-corrected chi connectivity index (χ0v) is 21.0. The monoisotopic (exact) mass is 529 g/mol. The highest BCUT2D eigenvalue weighted by atomic mass is 19.4. The van der Waals surface area contributed by atoms with Gasteiger partial charge in [0, 0.05) is 33.3 Å². The second kappa shape index (κ2) is 10.2. The largest absolute Gasteiger partial charge is 0.449 e. The molecular weight excluding hydrogens is 503 g/mol. The van der Waals surface area contributed by atoms with Gasteiger partial charge < -0.3 is 25.3 Å². The number of nitrogens with zero attached hydrogens (tertiary/aromatic N) is 5. The molecule has 1 aliphatic rings. The Morgan fingerprint density at radius 3 is 2.68 bits per heavy atom.